The van der Waals surface area contributed by atoms with E-state index in [0.29, 0.717) is 13.0 Å². The molecule has 0 bridgehead atoms. The van der Waals surface area contributed by atoms with Gasteiger partial charge < -0.3 is 30.1 Å². The average molecular weight is 696 g/mol. The number of carbonyl (C=O) groups excluding carboxylic acids is 2. The molecule has 3 N–H and O–H groups in total. The van der Waals surface area contributed by atoms with Crippen molar-refractivity contribution in [2.24, 2.45) is 0 Å². The summed E-state index contributed by atoms with van der Waals surface area (Å²) in [6, 6.07) is 15.3. The lowest BCUT2D eigenvalue weighted by atomic mass is 9.73. The van der Waals surface area contributed by atoms with Crippen LogP contribution in [0.25, 0.3) is 0 Å². The zero-order chi connectivity index (χ0) is 32.1. The fourth-order valence-corrected chi connectivity index (χ4v) is 6.97. The molecule has 3 heterocycles. The topological polar surface area (TPSA) is 131 Å². The van der Waals surface area contributed by atoms with E-state index in [-0.39, 0.29) is 49.7 Å². The van der Waals surface area contributed by atoms with Gasteiger partial charge in [-0.25, -0.2) is 4.68 Å². The number of benzene rings is 2. The molecule has 46 heavy (non-hydrogen) atoms. The van der Waals surface area contributed by atoms with Gasteiger partial charge in [0, 0.05) is 41.8 Å². The predicted molar refractivity (Wildman–Crippen MR) is 175 cm³/mol. The second-order valence-corrected chi connectivity index (χ2v) is 13.6. The highest BCUT2D eigenvalue weighted by molar-refractivity contribution is 9.10. The molecule has 2 aromatic carbocycles. The number of halogens is 1. The van der Waals surface area contributed by atoms with Gasteiger partial charge in [0.1, 0.15) is 17.9 Å². The van der Waals surface area contributed by atoms with Crippen LogP contribution in [0.15, 0.2) is 59.2 Å². The fraction of sp³-hybridized carbons (Fsp3) is 0.529. The third-order valence-corrected chi connectivity index (χ3v) is 9.77. The maximum atomic E-state index is 13.6. The normalized spacial score (nSPS) is 21.5. The first-order valence-electron chi connectivity index (χ1n) is 16.3. The minimum atomic E-state index is -0.883. The summed E-state index contributed by atoms with van der Waals surface area (Å²) in [5.41, 5.74) is 2.75. The van der Waals surface area contributed by atoms with E-state index in [1.54, 1.807) is 15.8 Å². The van der Waals surface area contributed by atoms with Gasteiger partial charge in [-0.05, 0) is 55.9 Å². The number of nitrogens with zero attached hydrogens (tertiary/aromatic N) is 4. The van der Waals surface area contributed by atoms with Crippen LogP contribution in [0.3, 0.4) is 0 Å². The minimum absolute atomic E-state index is 0.00793. The van der Waals surface area contributed by atoms with Gasteiger partial charge in [-0.1, -0.05) is 64.8 Å². The Morgan fingerprint density at radius 1 is 1.20 bits per heavy atom. The molecule has 0 radical (unpaired) electrons. The van der Waals surface area contributed by atoms with Crippen molar-refractivity contribution in [3.63, 3.8) is 0 Å². The number of aliphatic hydroxyl groups excluding tert-OH is 1. The van der Waals surface area contributed by atoms with Crippen LogP contribution in [0.1, 0.15) is 61.9 Å². The number of aryl methyl sites for hydroxylation is 1. The van der Waals surface area contributed by atoms with Crippen LogP contribution in [-0.4, -0.2) is 86.9 Å². The lowest BCUT2D eigenvalue weighted by molar-refractivity contribution is -0.148. The molecule has 12 heteroatoms. The Labute approximate surface area is 278 Å². The van der Waals surface area contributed by atoms with Gasteiger partial charge in [-0.15, -0.1) is 5.10 Å². The van der Waals surface area contributed by atoms with Gasteiger partial charge in [0.2, 0.25) is 5.91 Å². The molecule has 1 aliphatic carbocycles. The summed E-state index contributed by atoms with van der Waals surface area (Å²) in [5.74, 6) is 0.387. The molecular weight excluding hydrogens is 652 g/mol. The van der Waals surface area contributed by atoms with Crippen LogP contribution in [0.5, 0.6) is 5.75 Å². The number of fused-ring (bicyclic) bond motifs is 1. The highest BCUT2D eigenvalue weighted by Gasteiger charge is 2.45. The Balaban J connectivity index is 1.10. The average Bonchev–Trinajstić information content (AvgIpc) is 3.49. The van der Waals surface area contributed by atoms with Crippen molar-refractivity contribution in [2.45, 2.75) is 88.3 Å². The zero-order valence-corrected chi connectivity index (χ0v) is 27.8. The van der Waals surface area contributed by atoms with Crippen molar-refractivity contribution in [2.75, 3.05) is 26.2 Å². The first-order valence-corrected chi connectivity index (χ1v) is 17.1. The van der Waals surface area contributed by atoms with E-state index in [1.807, 2.05) is 42.5 Å². The Morgan fingerprint density at radius 2 is 2.02 bits per heavy atom. The molecule has 0 unspecified atom stereocenters. The van der Waals surface area contributed by atoms with E-state index in [0.717, 1.165) is 65.6 Å². The molecule has 246 valence electrons. The van der Waals surface area contributed by atoms with Crippen molar-refractivity contribution < 1.29 is 24.2 Å². The molecule has 1 aromatic heterocycles. The Morgan fingerprint density at radius 3 is 2.78 bits per heavy atom. The van der Waals surface area contributed by atoms with Crippen LogP contribution in [-0.2, 0) is 33.7 Å². The molecule has 1 spiro atoms. The van der Waals surface area contributed by atoms with E-state index in [2.05, 4.69) is 49.9 Å². The number of amides is 2. The van der Waals surface area contributed by atoms with Gasteiger partial charge in [0.15, 0.2) is 6.10 Å². The van der Waals surface area contributed by atoms with Gasteiger partial charge in [-0.3, -0.25) is 9.59 Å². The number of hydrogen-bond donors (Lipinski definition) is 3. The predicted octanol–water partition coefficient (Wildman–Crippen LogP) is 3.35. The van der Waals surface area contributed by atoms with Gasteiger partial charge in [0.25, 0.3) is 5.91 Å². The molecule has 3 aromatic rings. The van der Waals surface area contributed by atoms with Crippen molar-refractivity contribution in [1.29, 1.82) is 0 Å². The molecular formula is C34H43BrN6O5. The number of aliphatic hydroxyl groups is 1. The van der Waals surface area contributed by atoms with Gasteiger partial charge in [0.05, 0.1) is 31.0 Å². The number of nitrogens with one attached hydrogen (secondary N) is 2. The number of morpholine rings is 1. The number of ether oxygens (including phenoxy) is 2. The highest BCUT2D eigenvalue weighted by atomic mass is 79.9. The Kier molecular flexibility index (Phi) is 10.4. The fourth-order valence-electron chi connectivity index (χ4n) is 6.59. The lowest BCUT2D eigenvalue weighted by Gasteiger charge is -2.48. The van der Waals surface area contributed by atoms with Crippen LogP contribution >= 0.6 is 15.9 Å². The number of aromatic nitrogens is 3. The third-order valence-electron chi connectivity index (χ3n) is 9.28. The smallest absolute Gasteiger partial charge is 0.251 e. The summed E-state index contributed by atoms with van der Waals surface area (Å²) < 4.78 is 14.8. The first-order chi connectivity index (χ1) is 22.3. The molecule has 11 nitrogen and oxygen atoms in total. The van der Waals surface area contributed by atoms with Gasteiger partial charge in [-0.2, -0.15) is 0 Å². The monoisotopic (exact) mass is 694 g/mol. The summed E-state index contributed by atoms with van der Waals surface area (Å²) in [6.07, 6.45) is 6.28. The summed E-state index contributed by atoms with van der Waals surface area (Å²) in [5, 5.41) is 26.4. The van der Waals surface area contributed by atoms with Gasteiger partial charge >= 0.3 is 0 Å². The number of carbonyl (C=O) groups is 2. The van der Waals surface area contributed by atoms with E-state index in [9.17, 15) is 14.7 Å². The highest BCUT2D eigenvalue weighted by Crippen LogP contribution is 2.49. The first kappa shape index (κ1) is 32.6. The summed E-state index contributed by atoms with van der Waals surface area (Å²) in [7, 11) is 0. The molecule has 4 atom stereocenters. The SMILES string of the molecule is CCCc1cn(CC(=O)N2CCO[C@@H](C(=O)N[C@@H](Cc3ccccc3)[C@H](O)CN[C@H]3CC4(CCC4)Oc4ccc(Br)cc43)C2)nn1. The maximum Gasteiger partial charge on any atom is 0.251 e. The van der Waals surface area contributed by atoms with E-state index in [4.69, 9.17) is 9.47 Å². The quantitative estimate of drug-likeness (QED) is 0.263. The third kappa shape index (κ3) is 7.79. The van der Waals surface area contributed by atoms with Crippen LogP contribution in [0.4, 0.5) is 0 Å². The summed E-state index contributed by atoms with van der Waals surface area (Å²) >= 11 is 3.60. The zero-order valence-electron chi connectivity index (χ0n) is 26.2. The minimum Gasteiger partial charge on any atom is -0.487 e. The van der Waals surface area contributed by atoms with E-state index < -0.39 is 18.2 Å². The van der Waals surface area contributed by atoms with E-state index >= 15 is 0 Å². The van der Waals surface area contributed by atoms with E-state index in [1.165, 1.54) is 0 Å². The summed E-state index contributed by atoms with van der Waals surface area (Å²) in [6.45, 7) is 3.16. The van der Waals surface area contributed by atoms with Crippen LogP contribution in [0.2, 0.25) is 0 Å². The number of hydrogen-bond acceptors (Lipinski definition) is 8. The molecule has 1 saturated heterocycles. The molecule has 6 rings (SSSR count). The van der Waals surface area contributed by atoms with Crippen molar-refractivity contribution >= 4 is 27.7 Å². The lowest BCUT2D eigenvalue weighted by Crippen LogP contribution is -2.57. The molecule has 2 amide bonds. The largest absolute Gasteiger partial charge is 0.487 e. The molecule has 2 fully saturated rings. The van der Waals surface area contributed by atoms with Crippen LogP contribution in [0, 0.1) is 0 Å². The molecule has 3 aliphatic rings. The standard InChI is InChI=1S/C34H43BrN6O5/c1-2-7-25-20-41(39-38-25)22-32(43)40-14-15-45-31(21-40)33(44)37-27(16-23-8-4-3-5-9-23)29(42)19-36-28-18-34(12-6-13-34)46-30-11-10-24(35)17-26(28)30/h3-5,8-11,17,20,27-29,31,36,42H,2,6-7,12-16,18-19,21-22H2,1H3,(H,37,44)/t27-,28-,29+,31+/m0/s1. The van der Waals surface area contributed by atoms with Crippen molar-refractivity contribution in [1.82, 2.24) is 30.5 Å². The molecule has 2 aliphatic heterocycles. The maximum absolute atomic E-state index is 13.6. The number of rotatable bonds is 12. The van der Waals surface area contributed by atoms with Crippen LogP contribution < -0.4 is 15.4 Å². The van der Waals surface area contributed by atoms with Crippen molar-refractivity contribution in [3.8, 4) is 5.75 Å². The Hall–Kier alpha value is -3.32. The second kappa shape index (κ2) is 14.6. The second-order valence-electron chi connectivity index (χ2n) is 12.7. The van der Waals surface area contributed by atoms with Crippen molar-refractivity contribution in [3.05, 3.63) is 76.0 Å². The summed E-state index contributed by atoms with van der Waals surface area (Å²) in [4.78, 5) is 28.3. The molecule has 1 saturated carbocycles. The Bertz CT molecular complexity index is 1500.